The number of aryl methyl sites for hydroxylation is 1. The topological polar surface area (TPSA) is 72.9 Å². The standard InChI is InChI=1S/C12H13BrN4O/c1-8-4-10(13)7-17(12(8)18)6-9-2-3-15-11(5-9)16-14/h2-5,7H,6,14H2,1H3,(H,15,16). The molecule has 0 spiro atoms. The normalized spacial score (nSPS) is 10.4. The quantitative estimate of drug-likeness (QED) is 0.668. The van der Waals surface area contributed by atoms with Crippen molar-refractivity contribution in [1.82, 2.24) is 9.55 Å². The van der Waals surface area contributed by atoms with E-state index in [0.717, 1.165) is 10.0 Å². The van der Waals surface area contributed by atoms with Gasteiger partial charge in [0.25, 0.3) is 5.56 Å². The Hall–Kier alpha value is -1.66. The summed E-state index contributed by atoms with van der Waals surface area (Å²) in [6, 6.07) is 5.46. The van der Waals surface area contributed by atoms with Crippen molar-refractivity contribution in [3.63, 3.8) is 0 Å². The molecular weight excluding hydrogens is 296 g/mol. The van der Waals surface area contributed by atoms with Crippen LogP contribution in [0.2, 0.25) is 0 Å². The second-order valence-electron chi connectivity index (χ2n) is 3.97. The molecule has 2 aromatic rings. The summed E-state index contributed by atoms with van der Waals surface area (Å²) >= 11 is 3.38. The molecule has 0 aromatic carbocycles. The van der Waals surface area contributed by atoms with E-state index in [-0.39, 0.29) is 5.56 Å². The number of halogens is 1. The van der Waals surface area contributed by atoms with E-state index in [4.69, 9.17) is 5.84 Å². The molecule has 0 amide bonds. The molecule has 0 unspecified atom stereocenters. The van der Waals surface area contributed by atoms with E-state index in [0.29, 0.717) is 17.9 Å². The van der Waals surface area contributed by atoms with Crippen LogP contribution in [0.3, 0.4) is 0 Å². The number of rotatable bonds is 3. The van der Waals surface area contributed by atoms with Crippen LogP contribution in [-0.4, -0.2) is 9.55 Å². The predicted octanol–water partition coefficient (Wildman–Crippen LogP) is 1.65. The van der Waals surface area contributed by atoms with Crippen LogP contribution in [0.1, 0.15) is 11.1 Å². The molecule has 0 aliphatic rings. The van der Waals surface area contributed by atoms with Crippen LogP contribution in [0.5, 0.6) is 0 Å². The Morgan fingerprint density at radius 2 is 2.28 bits per heavy atom. The largest absolute Gasteiger partial charge is 0.310 e. The number of nitrogens with one attached hydrogen (secondary N) is 1. The molecule has 2 heterocycles. The number of pyridine rings is 2. The molecule has 94 valence electrons. The molecular formula is C12H13BrN4O. The van der Waals surface area contributed by atoms with Crippen LogP contribution in [0.4, 0.5) is 5.82 Å². The van der Waals surface area contributed by atoms with Gasteiger partial charge >= 0.3 is 0 Å². The van der Waals surface area contributed by atoms with Crippen molar-refractivity contribution in [3.05, 3.63) is 56.5 Å². The van der Waals surface area contributed by atoms with Gasteiger partial charge in [0.1, 0.15) is 5.82 Å². The molecule has 2 rings (SSSR count). The lowest BCUT2D eigenvalue weighted by Crippen LogP contribution is -2.22. The Kier molecular flexibility index (Phi) is 3.78. The van der Waals surface area contributed by atoms with Crippen LogP contribution in [0.15, 0.2) is 39.9 Å². The van der Waals surface area contributed by atoms with Gasteiger partial charge in [0.05, 0.1) is 6.54 Å². The zero-order valence-corrected chi connectivity index (χ0v) is 11.4. The van der Waals surface area contributed by atoms with Crippen molar-refractivity contribution < 1.29 is 0 Å². The van der Waals surface area contributed by atoms with Crippen LogP contribution >= 0.6 is 15.9 Å². The number of nitrogens with zero attached hydrogens (tertiary/aromatic N) is 2. The van der Waals surface area contributed by atoms with Gasteiger partial charge in [-0.15, -0.1) is 0 Å². The SMILES string of the molecule is Cc1cc(Br)cn(Cc2ccnc(NN)c2)c1=O. The minimum absolute atomic E-state index is 0.00253. The van der Waals surface area contributed by atoms with Gasteiger partial charge in [0.15, 0.2) is 0 Å². The zero-order valence-electron chi connectivity index (χ0n) is 9.85. The van der Waals surface area contributed by atoms with Crippen LogP contribution < -0.4 is 16.8 Å². The molecule has 5 nitrogen and oxygen atoms in total. The monoisotopic (exact) mass is 308 g/mol. The van der Waals surface area contributed by atoms with Gasteiger partial charge in [-0.2, -0.15) is 0 Å². The molecule has 0 aliphatic carbocycles. The molecule has 0 fully saturated rings. The first kappa shape index (κ1) is 12.8. The Labute approximate surface area is 113 Å². The molecule has 0 aliphatic heterocycles. The van der Waals surface area contributed by atoms with E-state index in [9.17, 15) is 4.79 Å². The minimum atomic E-state index is -0.00253. The maximum absolute atomic E-state index is 12.0. The van der Waals surface area contributed by atoms with E-state index in [2.05, 4.69) is 26.3 Å². The predicted molar refractivity (Wildman–Crippen MR) is 74.3 cm³/mol. The van der Waals surface area contributed by atoms with Crippen molar-refractivity contribution in [3.8, 4) is 0 Å². The number of nitrogens with two attached hydrogens (primary N) is 1. The third kappa shape index (κ3) is 2.77. The summed E-state index contributed by atoms with van der Waals surface area (Å²) < 4.78 is 2.53. The number of aromatic nitrogens is 2. The molecule has 3 N–H and O–H groups in total. The summed E-state index contributed by atoms with van der Waals surface area (Å²) in [5, 5.41) is 0. The average molecular weight is 309 g/mol. The highest BCUT2D eigenvalue weighted by Crippen LogP contribution is 2.11. The van der Waals surface area contributed by atoms with Gasteiger partial charge in [-0.25, -0.2) is 10.8 Å². The fourth-order valence-electron chi connectivity index (χ4n) is 1.71. The van der Waals surface area contributed by atoms with Gasteiger partial charge in [-0.1, -0.05) is 0 Å². The smallest absolute Gasteiger partial charge is 0.253 e. The molecule has 6 heteroatoms. The lowest BCUT2D eigenvalue weighted by Gasteiger charge is -2.08. The van der Waals surface area contributed by atoms with E-state index in [1.807, 2.05) is 12.1 Å². The Morgan fingerprint density at radius 3 is 3.00 bits per heavy atom. The van der Waals surface area contributed by atoms with Crippen LogP contribution in [0, 0.1) is 6.92 Å². The Morgan fingerprint density at radius 1 is 1.50 bits per heavy atom. The average Bonchev–Trinajstić information content (AvgIpc) is 2.35. The second kappa shape index (κ2) is 5.32. The summed E-state index contributed by atoms with van der Waals surface area (Å²) in [5.41, 5.74) is 4.14. The lowest BCUT2D eigenvalue weighted by atomic mass is 10.2. The third-order valence-corrected chi connectivity index (χ3v) is 2.99. The number of hydrogen-bond donors (Lipinski definition) is 2. The summed E-state index contributed by atoms with van der Waals surface area (Å²) in [6.07, 6.45) is 3.42. The number of anilines is 1. The van der Waals surface area contributed by atoms with E-state index < -0.39 is 0 Å². The van der Waals surface area contributed by atoms with Gasteiger partial charge in [0.2, 0.25) is 0 Å². The summed E-state index contributed by atoms with van der Waals surface area (Å²) in [7, 11) is 0. The Bertz CT molecular complexity index is 624. The summed E-state index contributed by atoms with van der Waals surface area (Å²) in [6.45, 7) is 2.28. The summed E-state index contributed by atoms with van der Waals surface area (Å²) in [5.74, 6) is 5.88. The van der Waals surface area contributed by atoms with Crippen molar-refractivity contribution in [2.75, 3.05) is 5.43 Å². The molecule has 2 aromatic heterocycles. The van der Waals surface area contributed by atoms with Crippen molar-refractivity contribution in [2.24, 2.45) is 5.84 Å². The van der Waals surface area contributed by atoms with Gasteiger partial charge in [-0.05, 0) is 46.6 Å². The van der Waals surface area contributed by atoms with Gasteiger partial charge in [0, 0.05) is 22.4 Å². The molecule has 0 saturated heterocycles. The van der Waals surface area contributed by atoms with Crippen LogP contribution in [0.25, 0.3) is 0 Å². The van der Waals surface area contributed by atoms with E-state index >= 15 is 0 Å². The maximum atomic E-state index is 12.0. The van der Waals surface area contributed by atoms with E-state index in [1.165, 1.54) is 0 Å². The first-order chi connectivity index (χ1) is 8.60. The lowest BCUT2D eigenvalue weighted by molar-refractivity contribution is 0.748. The van der Waals surface area contributed by atoms with Gasteiger partial charge < -0.3 is 9.99 Å². The van der Waals surface area contributed by atoms with Crippen molar-refractivity contribution >= 4 is 21.7 Å². The second-order valence-corrected chi connectivity index (χ2v) is 4.88. The molecule has 0 atom stereocenters. The van der Waals surface area contributed by atoms with Crippen LogP contribution in [-0.2, 0) is 6.54 Å². The highest BCUT2D eigenvalue weighted by Gasteiger charge is 2.03. The molecule has 18 heavy (non-hydrogen) atoms. The Balaban J connectivity index is 2.36. The fourth-order valence-corrected chi connectivity index (χ4v) is 2.30. The summed E-state index contributed by atoms with van der Waals surface area (Å²) in [4.78, 5) is 16.0. The zero-order chi connectivity index (χ0) is 13.1. The number of nitrogen functional groups attached to an aromatic ring is 1. The maximum Gasteiger partial charge on any atom is 0.253 e. The van der Waals surface area contributed by atoms with Crippen molar-refractivity contribution in [1.29, 1.82) is 0 Å². The van der Waals surface area contributed by atoms with Crippen molar-refractivity contribution in [2.45, 2.75) is 13.5 Å². The highest BCUT2D eigenvalue weighted by atomic mass is 79.9. The number of hydrazine groups is 1. The van der Waals surface area contributed by atoms with Gasteiger partial charge in [-0.3, -0.25) is 4.79 Å². The molecule has 0 radical (unpaired) electrons. The number of hydrogen-bond acceptors (Lipinski definition) is 4. The third-order valence-electron chi connectivity index (χ3n) is 2.56. The first-order valence-corrected chi connectivity index (χ1v) is 6.17. The first-order valence-electron chi connectivity index (χ1n) is 5.38. The molecule has 0 bridgehead atoms. The fraction of sp³-hybridized carbons (Fsp3) is 0.167. The molecule has 0 saturated carbocycles. The minimum Gasteiger partial charge on any atom is -0.310 e. The highest BCUT2D eigenvalue weighted by molar-refractivity contribution is 9.10. The van der Waals surface area contributed by atoms with E-state index in [1.54, 1.807) is 30.0 Å².